The Balaban J connectivity index is 2.11. The highest BCUT2D eigenvalue weighted by molar-refractivity contribution is 8.00. The van der Waals surface area contributed by atoms with Gasteiger partial charge in [-0.2, -0.15) is 11.8 Å². The molecule has 0 aromatic heterocycles. The van der Waals surface area contributed by atoms with Gasteiger partial charge >= 0.3 is 0 Å². The van der Waals surface area contributed by atoms with Crippen molar-refractivity contribution in [1.82, 2.24) is 5.32 Å². The van der Waals surface area contributed by atoms with Crippen LogP contribution in [-0.2, 0) is 6.42 Å². The molecule has 0 aliphatic carbocycles. The molecule has 1 heterocycles. The van der Waals surface area contributed by atoms with Gasteiger partial charge in [0.1, 0.15) is 0 Å². The molecule has 106 valence electrons. The first-order valence-corrected chi connectivity index (χ1v) is 8.63. The summed E-state index contributed by atoms with van der Waals surface area (Å²) in [6, 6.07) is 8.76. The van der Waals surface area contributed by atoms with E-state index < -0.39 is 0 Å². The highest BCUT2D eigenvalue weighted by Gasteiger charge is 2.37. The van der Waals surface area contributed by atoms with Crippen molar-refractivity contribution in [2.45, 2.75) is 50.3 Å². The molecule has 0 bridgehead atoms. The average Bonchev–Trinajstić information content (AvgIpc) is 2.84. The third-order valence-electron chi connectivity index (χ3n) is 4.01. The van der Waals surface area contributed by atoms with E-state index in [1.54, 1.807) is 0 Å². The molecule has 0 radical (unpaired) electrons. The van der Waals surface area contributed by atoms with Crippen LogP contribution in [0.2, 0.25) is 5.02 Å². The van der Waals surface area contributed by atoms with Crippen LogP contribution in [0.3, 0.4) is 0 Å². The summed E-state index contributed by atoms with van der Waals surface area (Å²) in [7, 11) is 0. The first kappa shape index (κ1) is 15.2. The topological polar surface area (TPSA) is 12.0 Å². The maximum atomic E-state index is 6.32. The summed E-state index contributed by atoms with van der Waals surface area (Å²) in [6.07, 6.45) is 4.86. The van der Waals surface area contributed by atoms with E-state index in [4.69, 9.17) is 11.6 Å². The second-order valence-corrected chi connectivity index (χ2v) is 7.60. The number of hydrogen-bond donors (Lipinski definition) is 1. The van der Waals surface area contributed by atoms with Gasteiger partial charge in [0.2, 0.25) is 0 Å². The predicted molar refractivity (Wildman–Crippen MR) is 87.3 cm³/mol. The van der Waals surface area contributed by atoms with Crippen LogP contribution in [0.25, 0.3) is 0 Å². The molecule has 1 N–H and O–H groups in total. The molecule has 0 spiro atoms. The van der Waals surface area contributed by atoms with Gasteiger partial charge in [-0.1, -0.05) is 36.7 Å². The number of thioether (sulfide) groups is 1. The van der Waals surface area contributed by atoms with E-state index in [-0.39, 0.29) is 0 Å². The average molecular weight is 298 g/mol. The molecule has 3 heteroatoms. The molecular formula is C16H24ClNS. The summed E-state index contributed by atoms with van der Waals surface area (Å²) in [5.41, 5.74) is 1.27. The Kier molecular flexibility index (Phi) is 5.61. The smallest absolute Gasteiger partial charge is 0.0438 e. The molecule has 1 saturated heterocycles. The molecule has 1 aromatic carbocycles. The lowest BCUT2D eigenvalue weighted by Crippen LogP contribution is -2.47. The van der Waals surface area contributed by atoms with Gasteiger partial charge in [0.25, 0.3) is 0 Å². The molecule has 2 rings (SSSR count). The Hall–Kier alpha value is -0.180. The van der Waals surface area contributed by atoms with Gasteiger partial charge in [0.15, 0.2) is 0 Å². The van der Waals surface area contributed by atoms with Crippen molar-refractivity contribution in [1.29, 1.82) is 0 Å². The molecule has 1 aliphatic rings. The van der Waals surface area contributed by atoms with E-state index >= 15 is 0 Å². The zero-order valence-corrected chi connectivity index (χ0v) is 13.5. The SMILES string of the molecule is CCCNC(Cc1ccccc1Cl)C1(C)CCCS1. The van der Waals surface area contributed by atoms with Gasteiger partial charge in [0.05, 0.1) is 0 Å². The largest absolute Gasteiger partial charge is 0.312 e. The Morgan fingerprint density at radius 1 is 1.42 bits per heavy atom. The van der Waals surface area contributed by atoms with Crippen molar-refractivity contribution >= 4 is 23.4 Å². The monoisotopic (exact) mass is 297 g/mol. The Labute approximate surface area is 126 Å². The van der Waals surface area contributed by atoms with Crippen molar-refractivity contribution in [3.05, 3.63) is 34.9 Å². The number of halogens is 1. The Morgan fingerprint density at radius 2 is 2.21 bits per heavy atom. The van der Waals surface area contributed by atoms with Crippen LogP contribution in [0, 0.1) is 0 Å². The molecule has 1 aliphatic heterocycles. The van der Waals surface area contributed by atoms with Crippen LogP contribution in [0.15, 0.2) is 24.3 Å². The van der Waals surface area contributed by atoms with Gasteiger partial charge in [-0.05, 0) is 56.5 Å². The van der Waals surface area contributed by atoms with Gasteiger partial charge < -0.3 is 5.32 Å². The summed E-state index contributed by atoms with van der Waals surface area (Å²) in [5.74, 6) is 1.29. The van der Waals surface area contributed by atoms with Crippen LogP contribution in [0.5, 0.6) is 0 Å². The zero-order chi connectivity index (χ0) is 13.7. The fraction of sp³-hybridized carbons (Fsp3) is 0.625. The Bertz CT molecular complexity index is 401. The minimum absolute atomic E-state index is 0.355. The van der Waals surface area contributed by atoms with Crippen LogP contribution >= 0.6 is 23.4 Å². The lowest BCUT2D eigenvalue weighted by molar-refractivity contribution is 0.399. The zero-order valence-electron chi connectivity index (χ0n) is 11.9. The minimum Gasteiger partial charge on any atom is -0.312 e. The van der Waals surface area contributed by atoms with Crippen LogP contribution in [-0.4, -0.2) is 23.1 Å². The van der Waals surface area contributed by atoms with Crippen LogP contribution < -0.4 is 5.32 Å². The summed E-state index contributed by atoms with van der Waals surface area (Å²) in [5, 5.41) is 4.65. The standard InChI is InChI=1S/C16H24ClNS/c1-3-10-18-15(16(2)9-6-11-19-16)12-13-7-4-5-8-14(13)17/h4-5,7-8,15,18H,3,6,9-12H2,1-2H3. The minimum atomic E-state index is 0.355. The number of rotatable bonds is 6. The summed E-state index contributed by atoms with van der Waals surface area (Å²) < 4.78 is 0.355. The normalized spacial score (nSPS) is 24.6. The molecule has 1 nitrogen and oxygen atoms in total. The maximum absolute atomic E-state index is 6.32. The molecular weight excluding hydrogens is 274 g/mol. The van der Waals surface area contributed by atoms with E-state index in [9.17, 15) is 0 Å². The molecule has 1 fully saturated rings. The third-order valence-corrected chi connectivity index (χ3v) is 6.02. The van der Waals surface area contributed by atoms with Gasteiger partial charge in [-0.15, -0.1) is 0 Å². The summed E-state index contributed by atoms with van der Waals surface area (Å²) >= 11 is 8.44. The number of benzene rings is 1. The molecule has 2 unspecified atom stereocenters. The molecule has 2 atom stereocenters. The van der Waals surface area contributed by atoms with E-state index in [1.807, 2.05) is 12.1 Å². The van der Waals surface area contributed by atoms with E-state index in [1.165, 1.54) is 30.6 Å². The lowest BCUT2D eigenvalue weighted by atomic mass is 9.90. The molecule has 0 amide bonds. The molecule has 0 saturated carbocycles. The van der Waals surface area contributed by atoms with Crippen molar-refractivity contribution in [2.75, 3.05) is 12.3 Å². The van der Waals surface area contributed by atoms with Crippen LogP contribution in [0.1, 0.15) is 38.7 Å². The van der Waals surface area contributed by atoms with Crippen LogP contribution in [0.4, 0.5) is 0 Å². The molecule has 1 aromatic rings. The Morgan fingerprint density at radius 3 is 2.84 bits per heavy atom. The number of nitrogens with one attached hydrogen (secondary N) is 1. The second kappa shape index (κ2) is 7.01. The first-order chi connectivity index (χ1) is 9.15. The predicted octanol–water partition coefficient (Wildman–Crippen LogP) is 4.54. The van der Waals surface area contributed by atoms with Crippen molar-refractivity contribution in [2.24, 2.45) is 0 Å². The van der Waals surface area contributed by atoms with Crippen molar-refractivity contribution in [3.63, 3.8) is 0 Å². The van der Waals surface area contributed by atoms with Gasteiger partial charge in [0, 0.05) is 15.8 Å². The fourth-order valence-corrected chi connectivity index (χ4v) is 4.41. The highest BCUT2D eigenvalue weighted by atomic mass is 35.5. The van der Waals surface area contributed by atoms with Gasteiger partial charge in [-0.3, -0.25) is 0 Å². The third kappa shape index (κ3) is 3.90. The van der Waals surface area contributed by atoms with Crippen molar-refractivity contribution < 1.29 is 0 Å². The lowest BCUT2D eigenvalue weighted by Gasteiger charge is -2.34. The summed E-state index contributed by atoms with van der Waals surface area (Å²) in [4.78, 5) is 0. The highest BCUT2D eigenvalue weighted by Crippen LogP contribution is 2.41. The quantitative estimate of drug-likeness (QED) is 0.827. The van der Waals surface area contributed by atoms with Gasteiger partial charge in [-0.25, -0.2) is 0 Å². The van der Waals surface area contributed by atoms with E-state index in [2.05, 4.69) is 43.1 Å². The fourth-order valence-electron chi connectivity index (χ4n) is 2.78. The number of hydrogen-bond acceptors (Lipinski definition) is 2. The summed E-state index contributed by atoms with van der Waals surface area (Å²) in [6.45, 7) is 5.73. The second-order valence-electron chi connectivity index (χ2n) is 5.57. The first-order valence-electron chi connectivity index (χ1n) is 7.26. The van der Waals surface area contributed by atoms with E-state index in [0.29, 0.717) is 10.8 Å². The van der Waals surface area contributed by atoms with E-state index in [0.717, 1.165) is 18.0 Å². The maximum Gasteiger partial charge on any atom is 0.0438 e. The van der Waals surface area contributed by atoms with Crippen molar-refractivity contribution in [3.8, 4) is 0 Å². The molecule has 19 heavy (non-hydrogen) atoms.